The standard InChI is InChI=1S/C35H39F2N7O8/c1-20(43(28-13-11-25(50-3)19-29(28)51-4)34(48)38-24-9-6-22(36)7-10-24)31-39-27-18-23(37)8-12-26(27)32(46)44(31)42-16-14-41(15-17-42)33(47)30(21(2)45)40-35(49)52-5/h6-13,18-21,30,45H,14-17H2,1-5H3,(H,38,48)(H,40,49)/t20?,21-,30-/m0/s1. The summed E-state index contributed by atoms with van der Waals surface area (Å²) in [7, 11) is 4.02. The van der Waals surface area contributed by atoms with Gasteiger partial charge < -0.3 is 39.9 Å². The van der Waals surface area contributed by atoms with E-state index >= 15 is 0 Å². The zero-order chi connectivity index (χ0) is 37.7. The molecule has 0 bridgehead atoms. The van der Waals surface area contributed by atoms with Gasteiger partial charge in [0.15, 0.2) is 5.82 Å². The van der Waals surface area contributed by atoms with E-state index in [2.05, 4.69) is 15.4 Å². The van der Waals surface area contributed by atoms with Gasteiger partial charge in [0.05, 0.1) is 63.2 Å². The Morgan fingerprint density at radius 3 is 2.19 bits per heavy atom. The van der Waals surface area contributed by atoms with Gasteiger partial charge in [-0.05, 0) is 62.4 Å². The quantitative estimate of drug-likeness (QED) is 0.221. The smallest absolute Gasteiger partial charge is 0.407 e. The second-order valence-electron chi connectivity index (χ2n) is 11.9. The molecule has 0 spiro atoms. The molecule has 3 N–H and O–H groups in total. The third kappa shape index (κ3) is 7.83. The van der Waals surface area contributed by atoms with Crippen LogP contribution in [0.25, 0.3) is 10.9 Å². The zero-order valence-electron chi connectivity index (χ0n) is 29.1. The van der Waals surface area contributed by atoms with E-state index in [1.165, 1.54) is 66.0 Å². The van der Waals surface area contributed by atoms with E-state index in [4.69, 9.17) is 14.5 Å². The summed E-state index contributed by atoms with van der Waals surface area (Å²) >= 11 is 0. The molecule has 3 atom stereocenters. The lowest BCUT2D eigenvalue weighted by Crippen LogP contribution is -2.61. The highest BCUT2D eigenvalue weighted by Gasteiger charge is 2.35. The summed E-state index contributed by atoms with van der Waals surface area (Å²) in [6, 6.07) is 10.5. The molecule has 5 rings (SSSR count). The molecule has 3 aromatic carbocycles. The van der Waals surface area contributed by atoms with Gasteiger partial charge in [0, 0.05) is 30.9 Å². The number of hydrogen-bond donors (Lipinski definition) is 3. The van der Waals surface area contributed by atoms with E-state index in [1.54, 1.807) is 30.1 Å². The number of halogens is 2. The highest BCUT2D eigenvalue weighted by Crippen LogP contribution is 2.37. The Hall–Kier alpha value is -5.97. The van der Waals surface area contributed by atoms with E-state index in [9.17, 15) is 33.1 Å². The van der Waals surface area contributed by atoms with Gasteiger partial charge in [-0.3, -0.25) is 14.5 Å². The molecule has 1 aliphatic rings. The molecule has 4 aromatic rings. The van der Waals surface area contributed by atoms with Gasteiger partial charge in [0.1, 0.15) is 29.2 Å². The van der Waals surface area contributed by atoms with Crippen LogP contribution in [0, 0.1) is 11.6 Å². The van der Waals surface area contributed by atoms with E-state index in [-0.39, 0.29) is 60.0 Å². The molecule has 17 heteroatoms. The number of urea groups is 1. The lowest BCUT2D eigenvalue weighted by Gasteiger charge is -2.40. The number of rotatable bonds is 10. The fraction of sp³-hybridized carbons (Fsp3) is 0.343. The molecule has 1 fully saturated rings. The van der Waals surface area contributed by atoms with Crippen LogP contribution in [0.2, 0.25) is 0 Å². The third-order valence-electron chi connectivity index (χ3n) is 8.61. The predicted molar refractivity (Wildman–Crippen MR) is 187 cm³/mol. The summed E-state index contributed by atoms with van der Waals surface area (Å²) in [6.07, 6.45) is -2.12. The van der Waals surface area contributed by atoms with Crippen LogP contribution in [-0.4, -0.2) is 97.4 Å². The minimum absolute atomic E-state index is 0.0456. The highest BCUT2D eigenvalue weighted by molar-refractivity contribution is 6.03. The van der Waals surface area contributed by atoms with Gasteiger partial charge in [-0.25, -0.2) is 28.0 Å². The van der Waals surface area contributed by atoms with Crippen molar-refractivity contribution in [1.29, 1.82) is 0 Å². The second kappa shape index (κ2) is 15.9. The molecule has 1 aliphatic heterocycles. The van der Waals surface area contributed by atoms with Crippen molar-refractivity contribution >= 4 is 40.3 Å². The third-order valence-corrected chi connectivity index (χ3v) is 8.61. The van der Waals surface area contributed by atoms with Crippen molar-refractivity contribution in [1.82, 2.24) is 19.9 Å². The molecule has 0 radical (unpaired) electrons. The number of amides is 4. The summed E-state index contributed by atoms with van der Waals surface area (Å²) in [5.41, 5.74) is 0.0285. The molecule has 52 heavy (non-hydrogen) atoms. The number of piperazine rings is 1. The molecular formula is C35H39F2N7O8. The molecule has 1 unspecified atom stereocenters. The number of benzene rings is 3. The zero-order valence-corrected chi connectivity index (χ0v) is 29.1. The lowest BCUT2D eigenvalue weighted by atomic mass is 10.1. The topological polar surface area (TPSA) is 168 Å². The Bertz CT molecular complexity index is 2000. The van der Waals surface area contributed by atoms with Gasteiger partial charge in [-0.1, -0.05) is 0 Å². The van der Waals surface area contributed by atoms with E-state index in [1.807, 2.05) is 0 Å². The number of ether oxygens (including phenoxy) is 3. The number of hydrogen-bond acceptors (Lipinski definition) is 10. The van der Waals surface area contributed by atoms with E-state index < -0.39 is 53.4 Å². The highest BCUT2D eigenvalue weighted by atomic mass is 19.1. The van der Waals surface area contributed by atoms with E-state index in [0.717, 1.165) is 19.2 Å². The number of aliphatic hydroxyl groups is 1. The maximum atomic E-state index is 14.5. The first kappa shape index (κ1) is 37.3. The average molecular weight is 724 g/mol. The average Bonchev–Trinajstić information content (AvgIpc) is 3.14. The summed E-state index contributed by atoms with van der Waals surface area (Å²) in [6.45, 7) is 3.34. The number of aromatic nitrogens is 2. The molecule has 15 nitrogen and oxygen atoms in total. The fourth-order valence-corrected chi connectivity index (χ4v) is 5.91. The van der Waals surface area contributed by atoms with Crippen LogP contribution in [0.15, 0.2) is 65.5 Å². The summed E-state index contributed by atoms with van der Waals surface area (Å²) in [5.74, 6) is -0.956. The maximum Gasteiger partial charge on any atom is 0.407 e. The minimum Gasteiger partial charge on any atom is -0.497 e. The molecule has 4 amide bonds. The fourth-order valence-electron chi connectivity index (χ4n) is 5.91. The number of aliphatic hydroxyl groups excluding tert-OH is 1. The number of anilines is 2. The number of fused-ring (bicyclic) bond motifs is 1. The van der Waals surface area contributed by atoms with Crippen molar-refractivity contribution in [2.75, 3.05) is 62.7 Å². The molecule has 1 saturated heterocycles. The first-order chi connectivity index (χ1) is 24.9. The van der Waals surface area contributed by atoms with Crippen LogP contribution in [0.1, 0.15) is 25.7 Å². The minimum atomic E-state index is -1.28. The van der Waals surface area contributed by atoms with Crippen LogP contribution < -0.4 is 35.6 Å². The monoisotopic (exact) mass is 723 g/mol. The normalized spacial score (nSPS) is 14.6. The summed E-state index contributed by atoms with van der Waals surface area (Å²) in [4.78, 5) is 61.2. The molecular weight excluding hydrogens is 684 g/mol. The second-order valence-corrected chi connectivity index (χ2v) is 11.9. The number of alkyl carbamates (subject to hydrolysis) is 1. The van der Waals surface area contributed by atoms with Crippen molar-refractivity contribution < 1.29 is 42.5 Å². The molecule has 0 aliphatic carbocycles. The SMILES string of the molecule is COC(=O)N[C@H](C(=O)N1CCN(n2c(C(C)N(C(=O)Nc3ccc(F)cc3)c3ccc(OC)cc3OC)nc3cc(F)ccc3c2=O)CC1)[C@H](C)O. The molecule has 0 saturated carbocycles. The first-order valence-electron chi connectivity index (χ1n) is 16.2. The van der Waals surface area contributed by atoms with Gasteiger partial charge in [0.2, 0.25) is 5.91 Å². The van der Waals surface area contributed by atoms with Crippen LogP contribution >= 0.6 is 0 Å². The van der Waals surface area contributed by atoms with Gasteiger partial charge in [0.25, 0.3) is 5.56 Å². The van der Waals surface area contributed by atoms with Crippen LogP contribution in [0.3, 0.4) is 0 Å². The number of nitrogens with zero attached hydrogens (tertiary/aromatic N) is 5. The number of nitrogens with one attached hydrogen (secondary N) is 2. The van der Waals surface area contributed by atoms with Crippen LogP contribution in [0.4, 0.5) is 29.7 Å². The van der Waals surface area contributed by atoms with Crippen molar-refractivity contribution in [3.05, 3.63) is 88.5 Å². The Kier molecular flexibility index (Phi) is 11.4. The molecule has 276 valence electrons. The molecule has 2 heterocycles. The van der Waals surface area contributed by atoms with Crippen LogP contribution in [-0.2, 0) is 9.53 Å². The number of methoxy groups -OCH3 is 3. The van der Waals surface area contributed by atoms with Crippen molar-refractivity contribution in [3.8, 4) is 11.5 Å². The first-order valence-corrected chi connectivity index (χ1v) is 16.2. The van der Waals surface area contributed by atoms with Gasteiger partial charge >= 0.3 is 12.1 Å². The van der Waals surface area contributed by atoms with Crippen molar-refractivity contribution in [3.63, 3.8) is 0 Å². The van der Waals surface area contributed by atoms with Gasteiger partial charge in [-0.15, -0.1) is 0 Å². The molecule has 1 aromatic heterocycles. The van der Waals surface area contributed by atoms with Gasteiger partial charge in [-0.2, -0.15) is 0 Å². The Morgan fingerprint density at radius 2 is 1.58 bits per heavy atom. The Balaban J connectivity index is 1.58. The Labute approximate surface area is 297 Å². The van der Waals surface area contributed by atoms with Crippen LogP contribution in [0.5, 0.6) is 11.5 Å². The largest absolute Gasteiger partial charge is 0.497 e. The summed E-state index contributed by atoms with van der Waals surface area (Å²) in [5, 5.41) is 17.1. The lowest BCUT2D eigenvalue weighted by molar-refractivity contribution is -0.136. The van der Waals surface area contributed by atoms with Crippen molar-refractivity contribution in [2.45, 2.75) is 32.0 Å². The number of carbonyl (C=O) groups excluding carboxylic acids is 3. The van der Waals surface area contributed by atoms with E-state index in [0.29, 0.717) is 5.75 Å². The predicted octanol–water partition coefficient (Wildman–Crippen LogP) is 3.38. The number of carbonyl (C=O) groups is 3. The van der Waals surface area contributed by atoms with Crippen molar-refractivity contribution in [2.24, 2.45) is 0 Å². The Morgan fingerprint density at radius 1 is 0.904 bits per heavy atom. The summed E-state index contributed by atoms with van der Waals surface area (Å²) < 4.78 is 45.1. The maximum absolute atomic E-state index is 14.5.